The molecule has 2 aromatic rings. The summed E-state index contributed by atoms with van der Waals surface area (Å²) in [6, 6.07) is 9.21. The van der Waals surface area contributed by atoms with Gasteiger partial charge in [0.15, 0.2) is 0 Å². The van der Waals surface area contributed by atoms with Crippen LogP contribution in [0.25, 0.3) is 0 Å². The Morgan fingerprint density at radius 1 is 0.972 bits per heavy atom. The van der Waals surface area contributed by atoms with Crippen molar-refractivity contribution < 1.29 is 18.0 Å². The Morgan fingerprint density at radius 2 is 1.69 bits per heavy atom. The lowest BCUT2D eigenvalue weighted by Gasteiger charge is -2.36. The third-order valence-electron chi connectivity index (χ3n) is 6.90. The van der Waals surface area contributed by atoms with E-state index in [-0.39, 0.29) is 11.7 Å². The number of benzene rings is 1. The summed E-state index contributed by atoms with van der Waals surface area (Å²) in [5, 5.41) is 0. The molecule has 1 fully saturated rings. The molecule has 1 saturated heterocycles. The second-order valence-corrected chi connectivity index (χ2v) is 10.7. The van der Waals surface area contributed by atoms with E-state index >= 15 is 0 Å². The highest BCUT2D eigenvalue weighted by Gasteiger charge is 2.36. The summed E-state index contributed by atoms with van der Waals surface area (Å²) in [4.78, 5) is 27.3. The Hall–Kier alpha value is -2.68. The van der Waals surface area contributed by atoms with Gasteiger partial charge < -0.3 is 9.80 Å². The maximum atomic E-state index is 13.4. The van der Waals surface area contributed by atoms with E-state index in [1.165, 1.54) is 5.56 Å². The van der Waals surface area contributed by atoms with Crippen LogP contribution >= 0.6 is 0 Å². The highest BCUT2D eigenvalue weighted by atomic mass is 19.4. The Kier molecular flexibility index (Phi) is 7.87. The molecule has 36 heavy (non-hydrogen) atoms. The molecular weight excluding hydrogens is 467 g/mol. The molecule has 0 saturated carbocycles. The Bertz CT molecular complexity index is 1030. The van der Waals surface area contributed by atoms with Gasteiger partial charge in [0, 0.05) is 56.3 Å². The van der Waals surface area contributed by atoms with Crippen LogP contribution in [0.1, 0.15) is 63.5 Å². The molecule has 0 atom stereocenters. The summed E-state index contributed by atoms with van der Waals surface area (Å²) in [6.45, 7) is 9.85. The van der Waals surface area contributed by atoms with Crippen LogP contribution in [0.4, 0.5) is 24.7 Å². The fourth-order valence-corrected chi connectivity index (χ4v) is 4.82. The topological polar surface area (TPSA) is 52.6 Å². The lowest BCUT2D eigenvalue weighted by atomic mass is 9.95. The molecule has 0 spiro atoms. The van der Waals surface area contributed by atoms with Gasteiger partial charge >= 0.3 is 6.18 Å². The van der Waals surface area contributed by atoms with Crippen LogP contribution in [0.3, 0.4) is 0 Å². The fraction of sp³-hybridized carbons (Fsp3) is 0.593. The van der Waals surface area contributed by atoms with E-state index in [9.17, 15) is 18.0 Å². The number of piperazine rings is 1. The maximum Gasteiger partial charge on any atom is 0.433 e. The third kappa shape index (κ3) is 6.35. The van der Waals surface area contributed by atoms with E-state index in [4.69, 9.17) is 0 Å². The first-order valence-electron chi connectivity index (χ1n) is 12.8. The molecule has 1 aromatic carbocycles. The van der Waals surface area contributed by atoms with Gasteiger partial charge in [-0.3, -0.25) is 9.69 Å². The molecule has 3 heterocycles. The van der Waals surface area contributed by atoms with Crippen LogP contribution in [0.5, 0.6) is 0 Å². The number of rotatable bonds is 6. The number of para-hydroxylation sites is 1. The molecule has 0 N–H and O–H groups in total. The van der Waals surface area contributed by atoms with Crippen molar-refractivity contribution in [1.29, 1.82) is 0 Å². The minimum Gasteiger partial charge on any atom is -0.354 e. The van der Waals surface area contributed by atoms with E-state index in [0.717, 1.165) is 63.6 Å². The second-order valence-electron chi connectivity index (χ2n) is 10.7. The summed E-state index contributed by atoms with van der Waals surface area (Å²) in [5.74, 6) is 0.732. The number of fused-ring (bicyclic) bond motifs is 1. The predicted molar refractivity (Wildman–Crippen MR) is 135 cm³/mol. The molecule has 9 heteroatoms. The summed E-state index contributed by atoms with van der Waals surface area (Å²) in [5.41, 5.74) is 0.834. The average molecular weight is 504 g/mol. The molecule has 0 bridgehead atoms. The monoisotopic (exact) mass is 503 g/mol. The molecule has 1 aromatic heterocycles. The minimum atomic E-state index is -4.51. The van der Waals surface area contributed by atoms with Gasteiger partial charge in [0.2, 0.25) is 5.91 Å². The van der Waals surface area contributed by atoms with Crippen molar-refractivity contribution in [3.05, 3.63) is 47.4 Å². The van der Waals surface area contributed by atoms with Crippen LogP contribution < -0.4 is 9.80 Å². The molecule has 0 unspecified atom stereocenters. The van der Waals surface area contributed by atoms with Crippen LogP contribution in [-0.2, 0) is 22.8 Å². The highest BCUT2D eigenvalue weighted by molar-refractivity contribution is 5.94. The molecule has 1 amide bonds. The zero-order valence-corrected chi connectivity index (χ0v) is 21.4. The van der Waals surface area contributed by atoms with Crippen molar-refractivity contribution in [3.63, 3.8) is 0 Å². The van der Waals surface area contributed by atoms with Gasteiger partial charge in [-0.05, 0) is 43.9 Å². The number of aryl methyl sites for hydroxylation is 1. The number of anilines is 2. The van der Waals surface area contributed by atoms with Gasteiger partial charge in [-0.15, -0.1) is 0 Å². The lowest BCUT2D eigenvalue weighted by Crippen LogP contribution is -2.47. The number of amides is 1. The smallest absolute Gasteiger partial charge is 0.354 e. The quantitative estimate of drug-likeness (QED) is 0.516. The van der Waals surface area contributed by atoms with E-state index < -0.39 is 17.3 Å². The van der Waals surface area contributed by atoms with Crippen LogP contribution in [0, 0.1) is 0 Å². The number of halogens is 3. The Labute approximate surface area is 211 Å². The van der Waals surface area contributed by atoms with Gasteiger partial charge in [0.1, 0.15) is 17.3 Å². The summed E-state index contributed by atoms with van der Waals surface area (Å²) in [6.07, 6.45) is -0.204. The van der Waals surface area contributed by atoms with Crippen molar-refractivity contribution in [2.75, 3.05) is 49.1 Å². The first-order valence-corrected chi connectivity index (χ1v) is 12.8. The van der Waals surface area contributed by atoms with Crippen molar-refractivity contribution in [3.8, 4) is 0 Å². The fourth-order valence-electron chi connectivity index (χ4n) is 4.82. The number of carbonyl (C=O) groups excluding carboxylic acids is 1. The van der Waals surface area contributed by atoms with Gasteiger partial charge in [-0.1, -0.05) is 39.0 Å². The first kappa shape index (κ1) is 26.4. The Balaban J connectivity index is 1.26. The molecule has 0 aliphatic carbocycles. The predicted octanol–water partition coefficient (Wildman–Crippen LogP) is 5.06. The molecule has 196 valence electrons. The van der Waals surface area contributed by atoms with Crippen molar-refractivity contribution in [2.24, 2.45) is 0 Å². The van der Waals surface area contributed by atoms with E-state index in [0.29, 0.717) is 25.3 Å². The largest absolute Gasteiger partial charge is 0.433 e. The van der Waals surface area contributed by atoms with Crippen molar-refractivity contribution >= 4 is 17.4 Å². The van der Waals surface area contributed by atoms with Crippen LogP contribution in [0.2, 0.25) is 0 Å². The molecule has 2 aliphatic heterocycles. The summed E-state index contributed by atoms with van der Waals surface area (Å²) in [7, 11) is 0. The van der Waals surface area contributed by atoms with E-state index in [1.54, 1.807) is 0 Å². The van der Waals surface area contributed by atoms with Crippen LogP contribution in [-0.4, -0.2) is 60.0 Å². The Morgan fingerprint density at radius 3 is 2.39 bits per heavy atom. The van der Waals surface area contributed by atoms with Crippen molar-refractivity contribution in [2.45, 2.75) is 64.5 Å². The zero-order chi connectivity index (χ0) is 25.9. The molecule has 0 radical (unpaired) electrons. The number of nitrogens with zero attached hydrogens (tertiary/aromatic N) is 5. The average Bonchev–Trinajstić information content (AvgIpc) is 2.85. The van der Waals surface area contributed by atoms with Crippen LogP contribution in [0.15, 0.2) is 30.3 Å². The normalized spacial score (nSPS) is 17.3. The number of hydrogen-bond donors (Lipinski definition) is 0. The van der Waals surface area contributed by atoms with E-state index in [1.807, 2.05) is 48.8 Å². The number of hydrogen-bond acceptors (Lipinski definition) is 5. The number of alkyl halides is 3. The molecule has 4 rings (SSSR count). The van der Waals surface area contributed by atoms with E-state index in [2.05, 4.69) is 20.9 Å². The maximum absolute atomic E-state index is 13.4. The third-order valence-corrected chi connectivity index (χ3v) is 6.90. The SMILES string of the molecule is CC(C)(C)c1nc(N2CCN(CCCCC(=O)N3CCCc4ccccc43)CC2)cc(C(F)(F)F)n1. The van der Waals surface area contributed by atoms with Crippen molar-refractivity contribution in [1.82, 2.24) is 14.9 Å². The molecule has 2 aliphatic rings. The molecular formula is C27H36F3N5O. The lowest BCUT2D eigenvalue weighted by molar-refractivity contribution is -0.141. The van der Waals surface area contributed by atoms with Gasteiger partial charge in [0.05, 0.1) is 0 Å². The van der Waals surface area contributed by atoms with Gasteiger partial charge in [0.25, 0.3) is 0 Å². The summed E-state index contributed by atoms with van der Waals surface area (Å²) < 4.78 is 40.3. The zero-order valence-electron chi connectivity index (χ0n) is 21.4. The number of carbonyl (C=O) groups is 1. The van der Waals surface area contributed by atoms with Gasteiger partial charge in [-0.2, -0.15) is 13.2 Å². The minimum absolute atomic E-state index is 0.186. The highest BCUT2D eigenvalue weighted by Crippen LogP contribution is 2.32. The first-order chi connectivity index (χ1) is 17.0. The number of aromatic nitrogens is 2. The number of unbranched alkanes of at least 4 members (excludes halogenated alkanes) is 1. The standard InChI is InChI=1S/C27H36F3N5O/c1-26(2,3)25-31-22(27(28,29)30)19-23(32-25)34-17-15-33(16-18-34)13-7-6-12-24(36)35-14-8-10-20-9-4-5-11-21(20)35/h4-5,9,11,19H,6-8,10,12-18H2,1-3H3. The summed E-state index contributed by atoms with van der Waals surface area (Å²) >= 11 is 0. The van der Waals surface area contributed by atoms with Gasteiger partial charge in [-0.25, -0.2) is 9.97 Å². The second kappa shape index (κ2) is 10.7. The molecule has 6 nitrogen and oxygen atoms in total.